The molecule has 0 aliphatic heterocycles. The van der Waals surface area contributed by atoms with E-state index in [1.807, 2.05) is 57.2 Å². The van der Waals surface area contributed by atoms with Crippen LogP contribution in [-0.4, -0.2) is 50.5 Å². The number of rotatable bonds is 12. The minimum Gasteiger partial charge on any atom is -0.354 e. The zero-order valence-electron chi connectivity index (χ0n) is 23.7. The Labute approximate surface area is 237 Å². The quantitative estimate of drug-likeness (QED) is 0.346. The second-order valence-electron chi connectivity index (χ2n) is 10.5. The second-order valence-corrected chi connectivity index (χ2v) is 12.4. The lowest BCUT2D eigenvalue weighted by molar-refractivity contribution is -0.140. The van der Waals surface area contributed by atoms with E-state index in [2.05, 4.69) is 5.32 Å². The van der Waals surface area contributed by atoms with Gasteiger partial charge in [0, 0.05) is 25.1 Å². The molecule has 0 bridgehead atoms. The third-order valence-corrected chi connectivity index (χ3v) is 7.69. The minimum atomic E-state index is -3.88. The van der Waals surface area contributed by atoms with Gasteiger partial charge in [0.05, 0.1) is 11.9 Å². The van der Waals surface area contributed by atoms with E-state index in [0.29, 0.717) is 17.8 Å². The Morgan fingerprint density at radius 1 is 0.950 bits per heavy atom. The van der Waals surface area contributed by atoms with Gasteiger partial charge in [-0.1, -0.05) is 74.5 Å². The number of carbonyl (C=O) groups excluding carboxylic acids is 2. The monoisotopic (exact) mass is 567 g/mol. The SMILES string of the molecule is Cc1ccc(C)c(N(CC(=O)N(Cc2ccccc2F)[C@@H](Cc2ccccc2)C(=O)NCC(C)C)S(C)(=O)=O)c1. The number of hydrogen-bond donors (Lipinski definition) is 1. The van der Waals surface area contributed by atoms with Crippen molar-refractivity contribution in [2.45, 2.75) is 46.7 Å². The van der Waals surface area contributed by atoms with Gasteiger partial charge in [-0.25, -0.2) is 12.8 Å². The summed E-state index contributed by atoms with van der Waals surface area (Å²) in [5.41, 5.74) is 2.93. The highest BCUT2D eigenvalue weighted by Crippen LogP contribution is 2.25. The molecule has 0 saturated heterocycles. The number of nitrogens with zero attached hydrogens (tertiary/aromatic N) is 2. The summed E-state index contributed by atoms with van der Waals surface area (Å²) in [6.07, 6.45) is 1.22. The first-order valence-electron chi connectivity index (χ1n) is 13.3. The van der Waals surface area contributed by atoms with E-state index >= 15 is 0 Å². The summed E-state index contributed by atoms with van der Waals surface area (Å²) in [4.78, 5) is 29.0. The summed E-state index contributed by atoms with van der Waals surface area (Å²) in [6, 6.07) is 19.7. The summed E-state index contributed by atoms with van der Waals surface area (Å²) in [5, 5.41) is 2.91. The van der Waals surface area contributed by atoms with Crippen LogP contribution in [0, 0.1) is 25.6 Å². The molecule has 0 unspecified atom stereocenters. The van der Waals surface area contributed by atoms with Crippen LogP contribution in [0.1, 0.15) is 36.1 Å². The molecule has 1 N–H and O–H groups in total. The lowest BCUT2D eigenvalue weighted by Gasteiger charge is -2.34. The first kappa shape index (κ1) is 30.8. The molecule has 214 valence electrons. The van der Waals surface area contributed by atoms with Crippen LogP contribution in [0.15, 0.2) is 72.8 Å². The first-order valence-corrected chi connectivity index (χ1v) is 15.1. The van der Waals surface area contributed by atoms with E-state index in [1.165, 1.54) is 11.0 Å². The smallest absolute Gasteiger partial charge is 0.244 e. The van der Waals surface area contributed by atoms with Gasteiger partial charge in [0.25, 0.3) is 0 Å². The highest BCUT2D eigenvalue weighted by Gasteiger charge is 2.33. The van der Waals surface area contributed by atoms with Crippen molar-refractivity contribution in [3.8, 4) is 0 Å². The predicted octanol–water partition coefficient (Wildman–Crippen LogP) is 4.62. The maximum Gasteiger partial charge on any atom is 0.244 e. The minimum absolute atomic E-state index is 0.169. The Hall–Kier alpha value is -3.72. The normalized spacial score (nSPS) is 12.2. The zero-order chi connectivity index (χ0) is 29.4. The van der Waals surface area contributed by atoms with E-state index in [1.54, 1.807) is 37.3 Å². The van der Waals surface area contributed by atoms with Gasteiger partial charge >= 0.3 is 0 Å². The summed E-state index contributed by atoms with van der Waals surface area (Å²) >= 11 is 0. The number of hydrogen-bond acceptors (Lipinski definition) is 4. The molecule has 0 heterocycles. The molecular formula is C31H38FN3O4S. The van der Waals surface area contributed by atoms with Crippen molar-refractivity contribution >= 4 is 27.5 Å². The molecule has 1 atom stereocenters. The molecular weight excluding hydrogens is 529 g/mol. The molecule has 2 amide bonds. The van der Waals surface area contributed by atoms with Gasteiger partial charge in [-0.2, -0.15) is 0 Å². The Bertz CT molecular complexity index is 1430. The van der Waals surface area contributed by atoms with Gasteiger partial charge in [0.1, 0.15) is 18.4 Å². The first-order chi connectivity index (χ1) is 18.9. The fourth-order valence-corrected chi connectivity index (χ4v) is 5.27. The van der Waals surface area contributed by atoms with Crippen molar-refractivity contribution in [2.75, 3.05) is 23.7 Å². The molecule has 0 fully saturated rings. The summed E-state index contributed by atoms with van der Waals surface area (Å²) in [6.45, 7) is 7.18. The number of amides is 2. The van der Waals surface area contributed by atoms with Crippen molar-refractivity contribution in [3.63, 3.8) is 0 Å². The largest absolute Gasteiger partial charge is 0.354 e. The maximum absolute atomic E-state index is 14.8. The van der Waals surface area contributed by atoms with Crippen molar-refractivity contribution in [1.29, 1.82) is 0 Å². The van der Waals surface area contributed by atoms with Crippen LogP contribution in [0.2, 0.25) is 0 Å². The number of carbonyl (C=O) groups is 2. The summed E-state index contributed by atoms with van der Waals surface area (Å²) < 4.78 is 41.8. The van der Waals surface area contributed by atoms with E-state index in [0.717, 1.165) is 21.7 Å². The highest BCUT2D eigenvalue weighted by molar-refractivity contribution is 7.92. The Kier molecular flexibility index (Phi) is 10.5. The van der Waals surface area contributed by atoms with Crippen LogP contribution in [-0.2, 0) is 32.6 Å². The molecule has 0 aliphatic carbocycles. The van der Waals surface area contributed by atoms with Crippen LogP contribution in [0.25, 0.3) is 0 Å². The standard InChI is InChI=1S/C31H38FN3O4S/c1-22(2)19-33-31(37)29(18-25-11-7-6-8-12-25)34(20-26-13-9-10-14-27(26)32)30(36)21-35(40(5,38)39)28-17-23(3)15-16-24(28)4/h6-17,22,29H,18-21H2,1-5H3,(H,33,37)/t29-/m0/s1. The number of nitrogens with one attached hydrogen (secondary N) is 1. The molecule has 3 rings (SSSR count). The Morgan fingerprint density at radius 3 is 2.23 bits per heavy atom. The fraction of sp³-hybridized carbons (Fsp3) is 0.355. The highest BCUT2D eigenvalue weighted by atomic mass is 32.2. The van der Waals surface area contributed by atoms with Gasteiger partial charge in [-0.05, 0) is 48.6 Å². The number of halogens is 1. The van der Waals surface area contributed by atoms with Gasteiger partial charge < -0.3 is 10.2 Å². The van der Waals surface area contributed by atoms with Crippen molar-refractivity contribution in [2.24, 2.45) is 5.92 Å². The van der Waals surface area contributed by atoms with E-state index < -0.39 is 34.3 Å². The molecule has 7 nitrogen and oxygen atoms in total. The van der Waals surface area contributed by atoms with Gasteiger partial charge in [-0.3, -0.25) is 13.9 Å². The molecule has 0 saturated carbocycles. The van der Waals surface area contributed by atoms with Crippen LogP contribution < -0.4 is 9.62 Å². The molecule has 40 heavy (non-hydrogen) atoms. The molecule has 3 aromatic rings. The molecule has 9 heteroatoms. The number of benzene rings is 3. The average Bonchev–Trinajstić information content (AvgIpc) is 2.90. The average molecular weight is 568 g/mol. The molecule has 0 radical (unpaired) electrons. The lowest BCUT2D eigenvalue weighted by Crippen LogP contribution is -2.53. The summed E-state index contributed by atoms with van der Waals surface area (Å²) in [7, 11) is -3.88. The number of sulfonamides is 1. The van der Waals surface area contributed by atoms with Crippen molar-refractivity contribution in [3.05, 3.63) is 101 Å². The molecule has 0 spiro atoms. The third-order valence-electron chi connectivity index (χ3n) is 6.57. The van der Waals surface area contributed by atoms with Crippen molar-refractivity contribution < 1.29 is 22.4 Å². The summed E-state index contributed by atoms with van der Waals surface area (Å²) in [5.74, 6) is -1.35. The number of aryl methyl sites for hydroxylation is 2. The fourth-order valence-electron chi connectivity index (χ4n) is 4.37. The van der Waals surface area contributed by atoms with Crippen LogP contribution in [0.3, 0.4) is 0 Å². The molecule has 3 aromatic carbocycles. The van der Waals surface area contributed by atoms with Crippen LogP contribution >= 0.6 is 0 Å². The maximum atomic E-state index is 14.8. The van der Waals surface area contributed by atoms with E-state index in [9.17, 15) is 22.4 Å². The van der Waals surface area contributed by atoms with Crippen LogP contribution in [0.5, 0.6) is 0 Å². The molecule has 0 aliphatic rings. The number of anilines is 1. The predicted molar refractivity (Wildman–Crippen MR) is 157 cm³/mol. The Morgan fingerprint density at radius 2 is 1.60 bits per heavy atom. The second kappa shape index (κ2) is 13.6. The topological polar surface area (TPSA) is 86.8 Å². The van der Waals surface area contributed by atoms with Crippen LogP contribution in [0.4, 0.5) is 10.1 Å². The van der Waals surface area contributed by atoms with Gasteiger partial charge in [0.15, 0.2) is 0 Å². The van der Waals surface area contributed by atoms with Gasteiger partial charge in [-0.15, -0.1) is 0 Å². The van der Waals surface area contributed by atoms with E-state index in [4.69, 9.17) is 0 Å². The van der Waals surface area contributed by atoms with E-state index in [-0.39, 0.29) is 30.4 Å². The molecule has 0 aromatic heterocycles. The van der Waals surface area contributed by atoms with Crippen molar-refractivity contribution in [1.82, 2.24) is 10.2 Å². The van der Waals surface area contributed by atoms with Gasteiger partial charge in [0.2, 0.25) is 21.8 Å². The zero-order valence-corrected chi connectivity index (χ0v) is 24.5. The third kappa shape index (κ3) is 8.39. The Balaban J connectivity index is 2.08. The lowest BCUT2D eigenvalue weighted by atomic mass is 10.0.